The molecule has 1 aromatic carbocycles. The van der Waals surface area contributed by atoms with Crippen molar-refractivity contribution in [3.05, 3.63) is 58.9 Å². The number of likely N-dealkylation sites (tertiary alicyclic amines) is 1. The van der Waals surface area contributed by atoms with Gasteiger partial charge in [-0.1, -0.05) is 0 Å². The van der Waals surface area contributed by atoms with Crippen LogP contribution < -0.4 is 0 Å². The second kappa shape index (κ2) is 9.11. The lowest BCUT2D eigenvalue weighted by Gasteiger charge is -2.35. The molecule has 0 bridgehead atoms. The maximum atomic E-state index is 13.2. The minimum Gasteiger partial charge on any atom is -0.339 e. The van der Waals surface area contributed by atoms with Gasteiger partial charge >= 0.3 is 0 Å². The van der Waals surface area contributed by atoms with Crippen LogP contribution in [0, 0.1) is 12.7 Å². The average molecular weight is 398 g/mol. The van der Waals surface area contributed by atoms with Gasteiger partial charge in [0.2, 0.25) is 0 Å². The fourth-order valence-corrected chi connectivity index (χ4v) is 3.74. The first-order valence-corrected chi connectivity index (χ1v) is 10.2. The van der Waals surface area contributed by atoms with Gasteiger partial charge in [0, 0.05) is 31.4 Å². The molecule has 154 valence electrons. The summed E-state index contributed by atoms with van der Waals surface area (Å²) in [7, 11) is 0. The van der Waals surface area contributed by atoms with Gasteiger partial charge in [-0.2, -0.15) is 0 Å². The largest absolute Gasteiger partial charge is 0.339 e. The molecule has 1 unspecified atom stereocenters. The summed E-state index contributed by atoms with van der Waals surface area (Å²) in [6.45, 7) is 7.53. The minimum atomic E-state index is -0.371. The van der Waals surface area contributed by atoms with Gasteiger partial charge in [0.25, 0.3) is 11.8 Å². The van der Waals surface area contributed by atoms with Gasteiger partial charge in [0.1, 0.15) is 5.82 Å². The Balaban J connectivity index is 1.87. The molecule has 7 heteroatoms. The first-order chi connectivity index (χ1) is 14.0. The van der Waals surface area contributed by atoms with E-state index in [2.05, 4.69) is 9.97 Å². The smallest absolute Gasteiger partial charge is 0.257 e. The number of carbonyl (C=O) groups is 2. The third kappa shape index (κ3) is 4.44. The molecule has 3 rings (SSSR count). The van der Waals surface area contributed by atoms with Crippen molar-refractivity contribution in [2.75, 3.05) is 19.6 Å². The topological polar surface area (TPSA) is 66.4 Å². The quantitative estimate of drug-likeness (QED) is 0.769. The van der Waals surface area contributed by atoms with Crippen LogP contribution in [0.5, 0.6) is 0 Å². The zero-order chi connectivity index (χ0) is 21.0. The monoisotopic (exact) mass is 398 g/mol. The molecule has 2 aromatic rings. The number of halogens is 1. The normalized spacial score (nSPS) is 16.6. The molecule has 0 spiro atoms. The van der Waals surface area contributed by atoms with Crippen molar-refractivity contribution in [3.8, 4) is 0 Å². The van der Waals surface area contributed by atoms with E-state index < -0.39 is 0 Å². The van der Waals surface area contributed by atoms with Crippen molar-refractivity contribution >= 4 is 11.8 Å². The highest BCUT2D eigenvalue weighted by Crippen LogP contribution is 2.30. The zero-order valence-corrected chi connectivity index (χ0v) is 17.2. The van der Waals surface area contributed by atoms with E-state index in [-0.39, 0.29) is 23.7 Å². The summed E-state index contributed by atoms with van der Waals surface area (Å²) in [5, 5.41) is 0. The standard InChI is InChI=1S/C22H27FN4O2/c1-4-26(5-2)22(29)18-14-24-20(25-15(18)3)19-8-6-7-13-27(19)21(28)16-9-11-17(23)12-10-16/h9-12,14,19H,4-8,13H2,1-3H3. The molecule has 2 amide bonds. The highest BCUT2D eigenvalue weighted by molar-refractivity contribution is 5.95. The van der Waals surface area contributed by atoms with E-state index in [0.717, 1.165) is 19.3 Å². The van der Waals surface area contributed by atoms with Crippen LogP contribution in [0.4, 0.5) is 4.39 Å². The molecule has 1 aliphatic heterocycles. The van der Waals surface area contributed by atoms with Crippen LogP contribution in [0.25, 0.3) is 0 Å². The van der Waals surface area contributed by atoms with Gasteiger partial charge in [0.05, 0.1) is 17.3 Å². The van der Waals surface area contributed by atoms with Gasteiger partial charge in [-0.05, 0) is 64.3 Å². The lowest BCUT2D eigenvalue weighted by atomic mass is 9.99. The molecule has 0 radical (unpaired) electrons. The van der Waals surface area contributed by atoms with E-state index in [9.17, 15) is 14.0 Å². The molecule has 6 nitrogen and oxygen atoms in total. The number of aryl methyl sites for hydroxylation is 1. The van der Waals surface area contributed by atoms with Crippen molar-refractivity contribution in [1.82, 2.24) is 19.8 Å². The minimum absolute atomic E-state index is 0.0815. The Morgan fingerprint density at radius 3 is 2.48 bits per heavy atom. The van der Waals surface area contributed by atoms with Crippen LogP contribution in [-0.4, -0.2) is 51.2 Å². The first kappa shape index (κ1) is 20.9. The van der Waals surface area contributed by atoms with Crippen LogP contribution in [0.1, 0.15) is 71.4 Å². The lowest BCUT2D eigenvalue weighted by Crippen LogP contribution is -2.39. The van der Waals surface area contributed by atoms with E-state index in [1.54, 1.807) is 22.9 Å². The summed E-state index contributed by atoms with van der Waals surface area (Å²) in [5.74, 6) is -0.0564. The third-order valence-corrected chi connectivity index (χ3v) is 5.43. The Hall–Kier alpha value is -2.83. The second-order valence-electron chi connectivity index (χ2n) is 7.22. The maximum Gasteiger partial charge on any atom is 0.257 e. The Bertz CT molecular complexity index is 881. The van der Waals surface area contributed by atoms with E-state index in [1.165, 1.54) is 24.3 Å². The highest BCUT2D eigenvalue weighted by Gasteiger charge is 2.31. The molecule has 2 heterocycles. The van der Waals surface area contributed by atoms with E-state index >= 15 is 0 Å². The molecular weight excluding hydrogens is 371 g/mol. The number of hydrogen-bond donors (Lipinski definition) is 0. The van der Waals surface area contributed by atoms with Crippen molar-refractivity contribution in [3.63, 3.8) is 0 Å². The SMILES string of the molecule is CCN(CC)C(=O)c1cnc(C2CCCCN2C(=O)c2ccc(F)cc2)nc1C. The van der Waals surface area contributed by atoms with E-state index in [1.807, 2.05) is 13.8 Å². The van der Waals surface area contributed by atoms with Gasteiger partial charge in [-0.3, -0.25) is 9.59 Å². The predicted octanol–water partition coefficient (Wildman–Crippen LogP) is 3.77. The Morgan fingerprint density at radius 2 is 1.86 bits per heavy atom. The van der Waals surface area contributed by atoms with Crippen LogP contribution in [0.15, 0.2) is 30.5 Å². The van der Waals surface area contributed by atoms with Crippen LogP contribution >= 0.6 is 0 Å². The molecule has 1 fully saturated rings. The number of nitrogens with zero attached hydrogens (tertiary/aromatic N) is 4. The summed E-state index contributed by atoms with van der Waals surface area (Å²) < 4.78 is 13.2. The van der Waals surface area contributed by atoms with Gasteiger partial charge in [-0.15, -0.1) is 0 Å². The number of hydrogen-bond acceptors (Lipinski definition) is 4. The molecular formula is C22H27FN4O2. The Labute approximate surface area is 170 Å². The molecule has 1 aliphatic rings. The number of rotatable bonds is 5. The fourth-order valence-electron chi connectivity index (χ4n) is 3.74. The number of carbonyl (C=O) groups excluding carboxylic acids is 2. The van der Waals surface area contributed by atoms with Crippen molar-refractivity contribution in [2.45, 2.75) is 46.1 Å². The lowest BCUT2D eigenvalue weighted by molar-refractivity contribution is 0.0598. The predicted molar refractivity (Wildman–Crippen MR) is 108 cm³/mol. The van der Waals surface area contributed by atoms with Gasteiger partial charge in [-0.25, -0.2) is 14.4 Å². The molecule has 1 atom stereocenters. The molecule has 0 saturated carbocycles. The molecule has 0 N–H and O–H groups in total. The Kier molecular flexibility index (Phi) is 6.56. The molecule has 29 heavy (non-hydrogen) atoms. The average Bonchev–Trinajstić information content (AvgIpc) is 2.74. The third-order valence-electron chi connectivity index (χ3n) is 5.43. The fraction of sp³-hybridized carbons (Fsp3) is 0.455. The summed E-state index contributed by atoms with van der Waals surface area (Å²) in [4.78, 5) is 38.2. The zero-order valence-electron chi connectivity index (χ0n) is 17.2. The molecule has 1 aromatic heterocycles. The summed E-state index contributed by atoms with van der Waals surface area (Å²) >= 11 is 0. The van der Waals surface area contributed by atoms with E-state index in [4.69, 9.17) is 0 Å². The van der Waals surface area contributed by atoms with Crippen LogP contribution in [0.3, 0.4) is 0 Å². The summed E-state index contributed by atoms with van der Waals surface area (Å²) in [6, 6.07) is 5.33. The highest BCUT2D eigenvalue weighted by atomic mass is 19.1. The summed E-state index contributed by atoms with van der Waals surface area (Å²) in [5.41, 5.74) is 1.56. The second-order valence-corrected chi connectivity index (χ2v) is 7.22. The maximum absolute atomic E-state index is 13.2. The van der Waals surface area contributed by atoms with E-state index in [0.29, 0.717) is 42.3 Å². The molecule has 1 saturated heterocycles. The number of amides is 2. The van der Waals surface area contributed by atoms with Crippen LogP contribution in [0.2, 0.25) is 0 Å². The van der Waals surface area contributed by atoms with Gasteiger partial charge < -0.3 is 9.80 Å². The van der Waals surface area contributed by atoms with Gasteiger partial charge in [0.15, 0.2) is 5.82 Å². The number of aromatic nitrogens is 2. The molecule has 0 aliphatic carbocycles. The number of benzene rings is 1. The van der Waals surface area contributed by atoms with Crippen molar-refractivity contribution in [1.29, 1.82) is 0 Å². The summed E-state index contributed by atoms with van der Waals surface area (Å²) in [6.07, 6.45) is 4.21. The van der Waals surface area contributed by atoms with Crippen molar-refractivity contribution in [2.24, 2.45) is 0 Å². The van der Waals surface area contributed by atoms with Crippen LogP contribution in [-0.2, 0) is 0 Å². The Morgan fingerprint density at radius 1 is 1.17 bits per heavy atom. The number of piperidine rings is 1. The first-order valence-electron chi connectivity index (χ1n) is 10.2. The van der Waals surface area contributed by atoms with Crippen molar-refractivity contribution < 1.29 is 14.0 Å².